The summed E-state index contributed by atoms with van der Waals surface area (Å²) >= 11 is 0. The topological polar surface area (TPSA) is 92.6 Å². The van der Waals surface area contributed by atoms with Crippen LogP contribution in [-0.2, 0) is 4.79 Å². The van der Waals surface area contributed by atoms with Crippen LogP contribution in [0.1, 0.15) is 0 Å². The smallest absolute Gasteiger partial charge is 0.328 e. The highest BCUT2D eigenvalue weighted by Crippen LogP contribution is 2.25. The number of imide groups is 1. The number of hydrogen-bond acceptors (Lipinski definition) is 4. The fourth-order valence-electron chi connectivity index (χ4n) is 1.46. The Morgan fingerprint density at radius 1 is 1.41 bits per heavy atom. The van der Waals surface area contributed by atoms with E-state index >= 15 is 0 Å². The first-order valence-corrected chi connectivity index (χ1v) is 4.55. The number of halogens is 1. The maximum absolute atomic E-state index is 13.1. The number of nitrogens with zero attached hydrogens (tertiary/aromatic N) is 2. The number of urea groups is 1. The van der Waals surface area contributed by atoms with E-state index in [1.165, 1.54) is 0 Å². The van der Waals surface area contributed by atoms with Crippen LogP contribution in [0.5, 0.6) is 0 Å². The SMILES string of the molecule is O=C1CNC(=O)N1c1ccc(F)c([N+](=O)[O-])c1. The number of nitrogens with one attached hydrogen (secondary N) is 1. The third kappa shape index (κ3) is 1.80. The minimum atomic E-state index is -1.02. The normalized spacial score (nSPS) is 15.0. The van der Waals surface area contributed by atoms with Gasteiger partial charge in [-0.3, -0.25) is 14.9 Å². The first kappa shape index (κ1) is 11.0. The molecule has 1 saturated heterocycles. The minimum absolute atomic E-state index is 0.0295. The van der Waals surface area contributed by atoms with E-state index < -0.39 is 28.4 Å². The molecule has 1 fully saturated rings. The molecule has 17 heavy (non-hydrogen) atoms. The zero-order valence-corrected chi connectivity index (χ0v) is 8.34. The Morgan fingerprint density at radius 3 is 2.65 bits per heavy atom. The Bertz CT molecular complexity index is 515. The first-order chi connectivity index (χ1) is 8.00. The van der Waals surface area contributed by atoms with Gasteiger partial charge in [0.05, 0.1) is 17.2 Å². The number of anilines is 1. The second kappa shape index (κ2) is 3.81. The van der Waals surface area contributed by atoms with E-state index in [0.717, 1.165) is 23.1 Å². The predicted octanol–water partition coefficient (Wildman–Crippen LogP) is 0.790. The van der Waals surface area contributed by atoms with Gasteiger partial charge in [0.2, 0.25) is 5.82 Å². The van der Waals surface area contributed by atoms with Gasteiger partial charge in [0, 0.05) is 6.07 Å². The van der Waals surface area contributed by atoms with Crippen LogP contribution >= 0.6 is 0 Å². The average molecular weight is 239 g/mol. The number of nitro benzene ring substituents is 1. The Balaban J connectivity index is 2.46. The third-order valence-corrected chi connectivity index (χ3v) is 2.23. The zero-order valence-electron chi connectivity index (χ0n) is 8.34. The molecule has 0 spiro atoms. The number of amides is 3. The highest BCUT2D eigenvalue weighted by atomic mass is 19.1. The molecule has 8 heteroatoms. The molecule has 2 rings (SSSR count). The van der Waals surface area contributed by atoms with E-state index in [0.29, 0.717) is 0 Å². The summed E-state index contributed by atoms with van der Waals surface area (Å²) in [7, 11) is 0. The molecule has 0 atom stereocenters. The van der Waals surface area contributed by atoms with Crippen molar-refractivity contribution >= 4 is 23.3 Å². The fourth-order valence-corrected chi connectivity index (χ4v) is 1.46. The summed E-state index contributed by atoms with van der Waals surface area (Å²) in [6.45, 7) is -0.177. The van der Waals surface area contributed by atoms with Crippen LogP contribution in [0.3, 0.4) is 0 Å². The van der Waals surface area contributed by atoms with Gasteiger partial charge >= 0.3 is 11.7 Å². The Hall–Kier alpha value is -2.51. The van der Waals surface area contributed by atoms with E-state index in [1.54, 1.807) is 0 Å². The molecule has 3 amide bonds. The number of benzene rings is 1. The first-order valence-electron chi connectivity index (χ1n) is 4.55. The van der Waals surface area contributed by atoms with Crippen LogP contribution in [0, 0.1) is 15.9 Å². The predicted molar refractivity (Wildman–Crippen MR) is 53.9 cm³/mol. The molecule has 1 heterocycles. The lowest BCUT2D eigenvalue weighted by molar-refractivity contribution is -0.387. The summed E-state index contributed by atoms with van der Waals surface area (Å²) in [5.74, 6) is -1.57. The monoisotopic (exact) mass is 239 g/mol. The molecule has 0 unspecified atom stereocenters. The second-order valence-electron chi connectivity index (χ2n) is 3.28. The average Bonchev–Trinajstić information content (AvgIpc) is 2.59. The van der Waals surface area contributed by atoms with Crippen LogP contribution in [0.4, 0.5) is 20.6 Å². The van der Waals surface area contributed by atoms with Gasteiger partial charge in [-0.1, -0.05) is 0 Å². The van der Waals surface area contributed by atoms with Crippen molar-refractivity contribution in [2.45, 2.75) is 0 Å². The van der Waals surface area contributed by atoms with E-state index in [1.807, 2.05) is 0 Å². The van der Waals surface area contributed by atoms with Crippen molar-refractivity contribution in [2.24, 2.45) is 0 Å². The van der Waals surface area contributed by atoms with Crippen LogP contribution in [-0.4, -0.2) is 23.4 Å². The molecule has 0 aliphatic carbocycles. The van der Waals surface area contributed by atoms with Crippen molar-refractivity contribution in [1.82, 2.24) is 5.32 Å². The molecule has 0 radical (unpaired) electrons. The number of carbonyl (C=O) groups is 2. The van der Waals surface area contributed by atoms with Crippen LogP contribution in [0.15, 0.2) is 18.2 Å². The summed E-state index contributed by atoms with van der Waals surface area (Å²) in [5, 5.41) is 12.8. The van der Waals surface area contributed by atoms with Crippen molar-refractivity contribution in [1.29, 1.82) is 0 Å². The molecule has 1 aromatic rings. The number of carbonyl (C=O) groups excluding carboxylic acids is 2. The van der Waals surface area contributed by atoms with Crippen LogP contribution < -0.4 is 10.2 Å². The van der Waals surface area contributed by atoms with E-state index in [-0.39, 0.29) is 12.2 Å². The summed E-state index contributed by atoms with van der Waals surface area (Å²) in [6, 6.07) is 2.13. The third-order valence-electron chi connectivity index (χ3n) is 2.23. The lowest BCUT2D eigenvalue weighted by atomic mass is 10.2. The second-order valence-corrected chi connectivity index (χ2v) is 3.28. The van der Waals surface area contributed by atoms with Gasteiger partial charge in [0.15, 0.2) is 0 Å². The summed E-state index contributed by atoms with van der Waals surface area (Å²) in [5.41, 5.74) is -0.812. The molecule has 1 aliphatic heterocycles. The molecule has 7 nitrogen and oxygen atoms in total. The lowest BCUT2D eigenvalue weighted by Crippen LogP contribution is -2.30. The van der Waals surface area contributed by atoms with Crippen molar-refractivity contribution in [3.63, 3.8) is 0 Å². The summed E-state index contributed by atoms with van der Waals surface area (Å²) in [4.78, 5) is 32.9. The van der Waals surface area contributed by atoms with E-state index in [4.69, 9.17) is 0 Å². The number of rotatable bonds is 2. The highest BCUT2D eigenvalue weighted by molar-refractivity contribution is 6.19. The van der Waals surface area contributed by atoms with Gasteiger partial charge in [-0.15, -0.1) is 0 Å². The van der Waals surface area contributed by atoms with Crippen LogP contribution in [0.25, 0.3) is 0 Å². The molecule has 1 aliphatic rings. The van der Waals surface area contributed by atoms with Crippen molar-refractivity contribution in [2.75, 3.05) is 11.4 Å². The quantitative estimate of drug-likeness (QED) is 0.469. The van der Waals surface area contributed by atoms with Crippen molar-refractivity contribution in [3.05, 3.63) is 34.1 Å². The highest BCUT2D eigenvalue weighted by Gasteiger charge is 2.31. The molecule has 0 aromatic heterocycles. The molecular weight excluding hydrogens is 233 g/mol. The van der Waals surface area contributed by atoms with Crippen molar-refractivity contribution < 1.29 is 18.9 Å². The standard InChI is InChI=1S/C9H6FN3O4/c10-6-2-1-5(3-7(6)13(16)17)12-8(14)4-11-9(12)15/h1-3H,4H2,(H,11,15). The van der Waals surface area contributed by atoms with Gasteiger partial charge in [-0.2, -0.15) is 4.39 Å². The van der Waals surface area contributed by atoms with E-state index in [2.05, 4.69) is 5.32 Å². The fraction of sp³-hybridized carbons (Fsp3) is 0.111. The van der Waals surface area contributed by atoms with Gasteiger partial charge < -0.3 is 5.32 Å². The summed E-state index contributed by atoms with van der Waals surface area (Å²) < 4.78 is 13.1. The van der Waals surface area contributed by atoms with Crippen molar-refractivity contribution in [3.8, 4) is 0 Å². The minimum Gasteiger partial charge on any atom is -0.328 e. The van der Waals surface area contributed by atoms with E-state index in [9.17, 15) is 24.1 Å². The van der Waals surface area contributed by atoms with Crippen LogP contribution in [0.2, 0.25) is 0 Å². The Kier molecular flexibility index (Phi) is 2.47. The Labute approximate surface area is 94.0 Å². The lowest BCUT2D eigenvalue weighted by Gasteiger charge is -2.11. The summed E-state index contributed by atoms with van der Waals surface area (Å²) in [6.07, 6.45) is 0. The maximum atomic E-state index is 13.1. The van der Waals surface area contributed by atoms with Gasteiger partial charge in [-0.05, 0) is 12.1 Å². The molecule has 0 saturated carbocycles. The zero-order chi connectivity index (χ0) is 12.6. The Morgan fingerprint density at radius 2 is 2.12 bits per heavy atom. The maximum Gasteiger partial charge on any atom is 0.329 e. The van der Waals surface area contributed by atoms with Gasteiger partial charge in [0.25, 0.3) is 5.91 Å². The molecule has 0 bridgehead atoms. The molecule has 1 aromatic carbocycles. The molecular formula is C9H6FN3O4. The van der Waals surface area contributed by atoms with Gasteiger partial charge in [0.1, 0.15) is 0 Å². The number of nitro groups is 1. The molecule has 1 N–H and O–H groups in total. The largest absolute Gasteiger partial charge is 0.329 e. The van der Waals surface area contributed by atoms with Gasteiger partial charge in [-0.25, -0.2) is 9.69 Å². The number of hydrogen-bond donors (Lipinski definition) is 1. The molecule has 88 valence electrons.